The molecule has 5 aromatic rings. The second-order valence-corrected chi connectivity index (χ2v) is 22.0. The number of nitrogens with one attached hydrogen (secondary N) is 3. The monoisotopic (exact) mass is 964 g/mol. The molecule has 0 spiro atoms. The fourth-order valence-electron chi connectivity index (χ4n) is 8.91. The summed E-state index contributed by atoms with van der Waals surface area (Å²) in [5, 5.41) is 8.48. The van der Waals surface area contributed by atoms with Gasteiger partial charge in [-0.3, -0.25) is 19.0 Å². The molecule has 0 radical (unpaired) electrons. The number of imidazole rings is 1. The zero-order valence-corrected chi connectivity index (χ0v) is 41.2. The number of nitrogens with zero attached hydrogens (tertiary/aromatic N) is 5. The Bertz CT molecular complexity index is 2820. The number of hydrogen-bond acceptors (Lipinski definition) is 11. The van der Waals surface area contributed by atoms with E-state index in [-0.39, 0.29) is 31.4 Å². The van der Waals surface area contributed by atoms with Crippen molar-refractivity contribution in [2.45, 2.75) is 115 Å². The number of alkyl carbamates (subject to hydrolysis) is 1. The molecule has 3 N–H and O–H groups in total. The summed E-state index contributed by atoms with van der Waals surface area (Å²) in [4.78, 5) is 68.1. The Morgan fingerprint density at radius 2 is 1.66 bits per heavy atom. The van der Waals surface area contributed by atoms with Crippen LogP contribution in [0.2, 0.25) is 0 Å². The van der Waals surface area contributed by atoms with Gasteiger partial charge in [-0.1, -0.05) is 85.7 Å². The number of rotatable bonds is 10. The SMILES string of the molecule is CC(C)n1c(O[C@@H]2C[C@H]3C(=O)N[C@]4(C(=O)NS(=O)(=O)N(C)C)C[C@H]4/C=C\CCCCC[C@H](NC(=O)OC(C)(C)C)C(=O)N3C2)nc2c(-c3nc(-c4ccc(-c5ccccc5)cc4)cs3)cccc21. The number of hydrogen-bond donors (Lipinski definition) is 3. The fraction of sp³-hybridized carbons (Fsp3) is 0.440. The zero-order valence-electron chi connectivity index (χ0n) is 39.5. The summed E-state index contributed by atoms with van der Waals surface area (Å²) in [6.45, 7) is 9.19. The molecule has 4 heterocycles. The van der Waals surface area contributed by atoms with Crippen molar-refractivity contribution in [3.05, 3.63) is 90.3 Å². The molecule has 2 fully saturated rings. The van der Waals surface area contributed by atoms with E-state index in [0.29, 0.717) is 24.8 Å². The third-order valence-electron chi connectivity index (χ3n) is 12.5. The van der Waals surface area contributed by atoms with Crippen molar-refractivity contribution in [3.8, 4) is 39.0 Å². The van der Waals surface area contributed by atoms with Gasteiger partial charge >= 0.3 is 16.3 Å². The van der Waals surface area contributed by atoms with Gasteiger partial charge in [0.2, 0.25) is 11.8 Å². The first-order valence-corrected chi connectivity index (χ1v) is 25.5. The summed E-state index contributed by atoms with van der Waals surface area (Å²) < 4.78 is 43.1. The topological polar surface area (TPSA) is 194 Å². The lowest BCUT2D eigenvalue weighted by atomic mass is 10.0. The molecular weight excluding hydrogens is 905 g/mol. The molecule has 3 aromatic carbocycles. The lowest BCUT2D eigenvalue weighted by Crippen LogP contribution is -2.58. The number of ether oxygens (including phenoxy) is 2. The highest BCUT2D eigenvalue weighted by molar-refractivity contribution is 7.87. The van der Waals surface area contributed by atoms with Gasteiger partial charge in [0.25, 0.3) is 11.9 Å². The minimum atomic E-state index is -4.20. The van der Waals surface area contributed by atoms with Gasteiger partial charge in [-0.05, 0) is 83.6 Å². The summed E-state index contributed by atoms with van der Waals surface area (Å²) in [6.07, 6.45) is 5.50. The number of aromatic nitrogens is 3. The van der Waals surface area contributed by atoms with Crippen LogP contribution in [0.15, 0.2) is 90.3 Å². The van der Waals surface area contributed by atoms with Crippen LogP contribution in [-0.2, 0) is 29.3 Å². The van der Waals surface area contributed by atoms with Crippen LogP contribution >= 0.6 is 11.3 Å². The Hall–Kier alpha value is -6.11. The van der Waals surface area contributed by atoms with E-state index < -0.39 is 69.3 Å². The van der Waals surface area contributed by atoms with Crippen molar-refractivity contribution in [1.82, 2.24) is 39.1 Å². The van der Waals surface area contributed by atoms with Gasteiger partial charge < -0.3 is 25.0 Å². The normalized spacial score (nSPS) is 23.0. The lowest BCUT2D eigenvalue weighted by molar-refractivity contribution is -0.141. The molecule has 2 aromatic heterocycles. The summed E-state index contributed by atoms with van der Waals surface area (Å²) in [5.74, 6) is -2.52. The van der Waals surface area contributed by atoms with E-state index in [9.17, 15) is 27.6 Å². The average molecular weight is 965 g/mol. The van der Waals surface area contributed by atoms with Crippen LogP contribution in [0.25, 0.3) is 44.0 Å². The molecule has 360 valence electrons. The highest BCUT2D eigenvalue weighted by Gasteiger charge is 2.62. The molecular formula is C50H60N8O8S2. The highest BCUT2D eigenvalue weighted by Crippen LogP contribution is 2.46. The van der Waals surface area contributed by atoms with Crippen LogP contribution in [-0.4, -0.2) is 106 Å². The molecule has 3 aliphatic rings. The number of benzene rings is 3. The van der Waals surface area contributed by atoms with Gasteiger partial charge in [-0.2, -0.15) is 17.7 Å². The van der Waals surface area contributed by atoms with Crippen molar-refractivity contribution >= 4 is 56.4 Å². The maximum Gasteiger partial charge on any atom is 0.408 e. The van der Waals surface area contributed by atoms with Crippen molar-refractivity contribution in [2.24, 2.45) is 5.92 Å². The largest absolute Gasteiger partial charge is 0.459 e. The average Bonchev–Trinajstić information content (AvgIpc) is 3.63. The quantitative estimate of drug-likeness (QED) is 0.117. The standard InChI is InChI=1S/C50H60N8O8S2/c1-31(2)58-40-22-16-20-37(44-51-39(30-67-44)34-25-23-33(24-26-34)32-17-12-11-13-18-32)42(40)53-47(58)65-36-27-41-43(59)54-50(46(61)55-68(63,64)56(6)7)28-35(50)19-14-9-8-10-15-21-38(45(60)57(41)29-36)52-48(62)66-49(3,4)5/h11-14,16-20,22-26,30-31,35-36,38,41H,8-10,15,21,27-29H2,1-7H3,(H,52,62)(H,54,59)(H,55,61)/b19-14-/t35-,36-,38+,41+,50-/m1/s1. The van der Waals surface area contributed by atoms with E-state index in [1.54, 1.807) is 20.8 Å². The predicted octanol–water partition coefficient (Wildman–Crippen LogP) is 7.63. The lowest BCUT2D eigenvalue weighted by Gasteiger charge is -2.30. The first kappa shape index (κ1) is 48.4. The van der Waals surface area contributed by atoms with Crippen LogP contribution in [0, 0.1) is 5.92 Å². The second-order valence-electron chi connectivity index (χ2n) is 19.2. The van der Waals surface area contributed by atoms with Gasteiger partial charge in [-0.15, -0.1) is 11.3 Å². The van der Waals surface area contributed by atoms with Crippen LogP contribution in [0.5, 0.6) is 6.01 Å². The molecule has 5 atom stereocenters. The first-order chi connectivity index (χ1) is 32.3. The highest BCUT2D eigenvalue weighted by atomic mass is 32.2. The summed E-state index contributed by atoms with van der Waals surface area (Å²) in [6, 6.07) is 22.4. The number of carbonyl (C=O) groups is 4. The summed E-state index contributed by atoms with van der Waals surface area (Å²) >= 11 is 1.52. The molecule has 1 saturated carbocycles. The number of amides is 4. The summed E-state index contributed by atoms with van der Waals surface area (Å²) in [5.41, 5.74) is 3.97. The Kier molecular flexibility index (Phi) is 13.8. The third kappa shape index (κ3) is 10.5. The Morgan fingerprint density at radius 3 is 2.37 bits per heavy atom. The van der Waals surface area contributed by atoms with Crippen molar-refractivity contribution in [1.29, 1.82) is 0 Å². The number of allylic oxidation sites excluding steroid dienone is 1. The van der Waals surface area contributed by atoms with E-state index in [0.717, 1.165) is 55.6 Å². The molecule has 8 rings (SSSR count). The summed E-state index contributed by atoms with van der Waals surface area (Å²) in [7, 11) is -1.60. The van der Waals surface area contributed by atoms with Crippen LogP contribution in [0.3, 0.4) is 0 Å². The maximum atomic E-state index is 14.8. The Morgan fingerprint density at radius 1 is 0.941 bits per heavy atom. The molecule has 2 aliphatic heterocycles. The molecule has 0 unspecified atom stereocenters. The molecule has 1 saturated heterocycles. The van der Waals surface area contributed by atoms with Gasteiger partial charge in [0.1, 0.15) is 39.9 Å². The number of carbonyl (C=O) groups excluding carboxylic acids is 4. The maximum absolute atomic E-state index is 14.8. The van der Waals surface area contributed by atoms with E-state index in [2.05, 4.69) is 51.8 Å². The van der Waals surface area contributed by atoms with E-state index >= 15 is 0 Å². The molecule has 68 heavy (non-hydrogen) atoms. The van der Waals surface area contributed by atoms with Gasteiger partial charge in [0, 0.05) is 49.0 Å². The predicted molar refractivity (Wildman–Crippen MR) is 262 cm³/mol. The van der Waals surface area contributed by atoms with Gasteiger partial charge in [0.05, 0.1) is 17.8 Å². The molecule has 0 bridgehead atoms. The number of para-hydroxylation sites is 1. The third-order valence-corrected chi connectivity index (χ3v) is 14.8. The van der Waals surface area contributed by atoms with E-state index in [4.69, 9.17) is 19.4 Å². The molecule has 16 nitrogen and oxygen atoms in total. The number of thiazole rings is 1. The minimum absolute atomic E-state index is 0.0119. The Balaban J connectivity index is 1.10. The first-order valence-electron chi connectivity index (χ1n) is 23.2. The molecule has 4 amide bonds. The van der Waals surface area contributed by atoms with E-state index in [1.165, 1.54) is 30.3 Å². The number of fused-ring (bicyclic) bond motifs is 3. The van der Waals surface area contributed by atoms with Crippen LogP contribution in [0.4, 0.5) is 4.79 Å². The van der Waals surface area contributed by atoms with Gasteiger partial charge in [-0.25, -0.2) is 14.5 Å². The molecule has 18 heteroatoms. The minimum Gasteiger partial charge on any atom is -0.459 e. The van der Waals surface area contributed by atoms with Crippen molar-refractivity contribution in [2.75, 3.05) is 20.6 Å². The van der Waals surface area contributed by atoms with E-state index in [1.807, 2.05) is 72.3 Å². The zero-order chi connectivity index (χ0) is 48.5. The smallest absolute Gasteiger partial charge is 0.408 e. The van der Waals surface area contributed by atoms with Crippen molar-refractivity contribution in [3.63, 3.8) is 0 Å². The van der Waals surface area contributed by atoms with Crippen molar-refractivity contribution < 1.29 is 37.1 Å². The van der Waals surface area contributed by atoms with Gasteiger partial charge in [0.15, 0.2) is 0 Å². The Labute approximate surface area is 401 Å². The van der Waals surface area contributed by atoms with Crippen LogP contribution < -0.4 is 20.1 Å². The fourth-order valence-corrected chi connectivity index (χ4v) is 10.4. The second kappa shape index (κ2) is 19.5. The van der Waals surface area contributed by atoms with Crippen LogP contribution in [0.1, 0.15) is 85.6 Å². The molecule has 1 aliphatic carbocycles.